The Bertz CT molecular complexity index is 799. The summed E-state index contributed by atoms with van der Waals surface area (Å²) in [5, 5.41) is 9.74. The lowest BCUT2D eigenvalue weighted by atomic mass is 10.0. The molecule has 0 aliphatic rings. The van der Waals surface area contributed by atoms with Crippen molar-refractivity contribution in [3.05, 3.63) is 48.0 Å². The van der Waals surface area contributed by atoms with Gasteiger partial charge in [0.2, 0.25) is 0 Å². The van der Waals surface area contributed by atoms with Crippen molar-refractivity contribution in [3.8, 4) is 17.2 Å². The van der Waals surface area contributed by atoms with Gasteiger partial charge in [0.25, 0.3) is 10.1 Å². The third kappa shape index (κ3) is 5.76. The van der Waals surface area contributed by atoms with Gasteiger partial charge < -0.3 is 9.84 Å². The highest BCUT2D eigenvalue weighted by atomic mass is 32.2. The molecule has 2 aromatic rings. The van der Waals surface area contributed by atoms with Crippen LogP contribution < -0.4 is 4.74 Å². The van der Waals surface area contributed by atoms with Crippen molar-refractivity contribution in [2.24, 2.45) is 0 Å². The monoisotopic (exact) mass is 364 g/mol. The first-order chi connectivity index (χ1) is 11.9. The molecule has 0 unspecified atom stereocenters. The zero-order chi connectivity index (χ0) is 18.3. The average Bonchev–Trinajstić information content (AvgIpc) is 2.56. The Morgan fingerprint density at radius 1 is 0.960 bits per heavy atom. The molecule has 2 rings (SSSR count). The molecule has 0 radical (unpaired) electrons. The Balaban J connectivity index is 2.21. The Kier molecular flexibility index (Phi) is 6.84. The van der Waals surface area contributed by atoms with Crippen LogP contribution in [-0.2, 0) is 16.5 Å². The number of rotatable bonds is 9. The second-order valence-corrected chi connectivity index (χ2v) is 7.37. The van der Waals surface area contributed by atoms with Crippen molar-refractivity contribution in [1.82, 2.24) is 0 Å². The first kappa shape index (κ1) is 19.3. The fourth-order valence-corrected chi connectivity index (χ4v) is 3.24. The first-order valence-electron chi connectivity index (χ1n) is 8.48. The van der Waals surface area contributed by atoms with Gasteiger partial charge >= 0.3 is 0 Å². The first-order valence-corrected chi connectivity index (χ1v) is 9.92. The van der Waals surface area contributed by atoms with Crippen LogP contribution in [0.4, 0.5) is 0 Å². The predicted molar refractivity (Wildman–Crippen MR) is 96.9 cm³/mol. The van der Waals surface area contributed by atoms with Crippen LogP contribution in [0.15, 0.2) is 47.4 Å². The van der Waals surface area contributed by atoms with E-state index in [0.717, 1.165) is 24.8 Å². The van der Waals surface area contributed by atoms with E-state index in [1.165, 1.54) is 43.5 Å². The number of hydrogen-bond acceptors (Lipinski definition) is 4. The molecule has 0 aliphatic carbocycles. The average molecular weight is 364 g/mol. The lowest BCUT2D eigenvalue weighted by Crippen LogP contribution is -2.01. The zero-order valence-electron chi connectivity index (χ0n) is 14.3. The number of unbranched alkanes of at least 4 members (excludes halogenated alkanes) is 4. The Hall–Kier alpha value is -2.05. The van der Waals surface area contributed by atoms with E-state index in [-0.39, 0.29) is 16.4 Å². The van der Waals surface area contributed by atoms with Crippen molar-refractivity contribution in [1.29, 1.82) is 0 Å². The van der Waals surface area contributed by atoms with Crippen molar-refractivity contribution >= 4 is 10.1 Å². The predicted octanol–water partition coefficient (Wildman–Crippen LogP) is 4.94. The molecule has 136 valence electrons. The summed E-state index contributed by atoms with van der Waals surface area (Å²) in [7, 11) is -4.39. The van der Waals surface area contributed by atoms with Crippen molar-refractivity contribution < 1.29 is 22.8 Å². The summed E-state index contributed by atoms with van der Waals surface area (Å²) in [5.74, 6) is 0.462. The maximum Gasteiger partial charge on any atom is 0.298 e. The van der Waals surface area contributed by atoms with Crippen LogP contribution in [0.3, 0.4) is 0 Å². The molecule has 0 heterocycles. The highest BCUT2D eigenvalue weighted by Crippen LogP contribution is 2.33. The van der Waals surface area contributed by atoms with Gasteiger partial charge in [0, 0.05) is 6.07 Å². The quantitative estimate of drug-likeness (QED) is 0.486. The maximum atomic E-state index is 11.5. The van der Waals surface area contributed by atoms with E-state index in [1.807, 2.05) is 0 Å². The summed E-state index contributed by atoms with van der Waals surface area (Å²) in [5.41, 5.74) is 0.888. The number of ether oxygens (including phenoxy) is 1. The summed E-state index contributed by atoms with van der Waals surface area (Å²) < 4.78 is 38.1. The third-order valence-electron chi connectivity index (χ3n) is 3.95. The van der Waals surface area contributed by atoms with Crippen LogP contribution in [0, 0.1) is 0 Å². The number of para-hydroxylation sites is 1. The normalized spacial score (nSPS) is 11.4. The summed E-state index contributed by atoms with van der Waals surface area (Å²) in [6.45, 7) is 2.17. The number of hydrogen-bond donors (Lipinski definition) is 2. The molecule has 2 N–H and O–H groups in total. The molecule has 0 aliphatic heterocycles. The molecule has 0 atom stereocenters. The highest BCUT2D eigenvalue weighted by Gasteiger charge is 2.17. The second kappa shape index (κ2) is 8.87. The van der Waals surface area contributed by atoms with E-state index in [1.54, 1.807) is 18.2 Å². The van der Waals surface area contributed by atoms with E-state index in [9.17, 15) is 18.1 Å². The molecule has 6 heteroatoms. The second-order valence-electron chi connectivity index (χ2n) is 5.98. The fraction of sp³-hybridized carbons (Fsp3) is 0.368. The molecule has 25 heavy (non-hydrogen) atoms. The molecule has 0 fully saturated rings. The lowest BCUT2D eigenvalue weighted by Gasteiger charge is -2.13. The van der Waals surface area contributed by atoms with Crippen LogP contribution in [0.5, 0.6) is 17.2 Å². The molecule has 5 nitrogen and oxygen atoms in total. The van der Waals surface area contributed by atoms with E-state index in [2.05, 4.69) is 6.92 Å². The number of aryl methyl sites for hydroxylation is 1. The van der Waals surface area contributed by atoms with Crippen LogP contribution in [0.2, 0.25) is 0 Å². The van der Waals surface area contributed by atoms with Gasteiger partial charge in [0.15, 0.2) is 0 Å². The highest BCUT2D eigenvalue weighted by molar-refractivity contribution is 7.86. The van der Waals surface area contributed by atoms with Gasteiger partial charge in [0.1, 0.15) is 22.1 Å². The lowest BCUT2D eigenvalue weighted by molar-refractivity contribution is 0.436. The van der Waals surface area contributed by atoms with Crippen LogP contribution in [-0.4, -0.2) is 18.1 Å². The minimum Gasteiger partial charge on any atom is -0.508 e. The standard InChI is InChI=1S/C19H24O5S/c1-2-3-4-5-6-9-15-12-13-16(20)14-18(15)24-17-10-7-8-11-19(17)25(21,22)23/h7-8,10-14,20H,2-6,9H2,1H3,(H,21,22,23). The van der Waals surface area contributed by atoms with Gasteiger partial charge in [-0.25, -0.2) is 0 Å². The largest absolute Gasteiger partial charge is 0.508 e. The number of phenolic OH excluding ortho intramolecular Hbond substituents is 1. The summed E-state index contributed by atoms with van der Waals surface area (Å²) >= 11 is 0. The molecule has 0 saturated carbocycles. The molecule has 0 spiro atoms. The van der Waals surface area contributed by atoms with Gasteiger partial charge in [-0.1, -0.05) is 50.8 Å². The topological polar surface area (TPSA) is 83.8 Å². The molecule has 2 aromatic carbocycles. The molecule has 0 aromatic heterocycles. The number of aromatic hydroxyl groups is 1. The summed E-state index contributed by atoms with van der Waals surface area (Å²) in [6, 6.07) is 10.7. The van der Waals surface area contributed by atoms with Crippen molar-refractivity contribution in [2.75, 3.05) is 0 Å². The van der Waals surface area contributed by atoms with Gasteiger partial charge in [-0.05, 0) is 36.6 Å². The molecular formula is C19H24O5S. The molecule has 0 saturated heterocycles. The van der Waals surface area contributed by atoms with E-state index in [4.69, 9.17) is 4.74 Å². The van der Waals surface area contributed by atoms with E-state index < -0.39 is 10.1 Å². The summed E-state index contributed by atoms with van der Waals surface area (Å²) in [4.78, 5) is -0.299. The number of phenols is 1. The Labute approximate surface area is 149 Å². The minimum absolute atomic E-state index is 0.0304. The SMILES string of the molecule is CCCCCCCc1ccc(O)cc1Oc1ccccc1S(=O)(=O)O. The number of benzene rings is 2. The Morgan fingerprint density at radius 2 is 1.68 bits per heavy atom. The zero-order valence-corrected chi connectivity index (χ0v) is 15.1. The Morgan fingerprint density at radius 3 is 2.40 bits per heavy atom. The van der Waals surface area contributed by atoms with Crippen LogP contribution >= 0.6 is 0 Å². The van der Waals surface area contributed by atoms with Crippen LogP contribution in [0.1, 0.15) is 44.6 Å². The van der Waals surface area contributed by atoms with Gasteiger partial charge in [-0.15, -0.1) is 0 Å². The molecule has 0 bridgehead atoms. The van der Waals surface area contributed by atoms with Crippen molar-refractivity contribution in [3.63, 3.8) is 0 Å². The smallest absolute Gasteiger partial charge is 0.298 e. The third-order valence-corrected chi connectivity index (χ3v) is 4.84. The maximum absolute atomic E-state index is 11.5. The van der Waals surface area contributed by atoms with Gasteiger partial charge in [-0.3, -0.25) is 4.55 Å². The van der Waals surface area contributed by atoms with E-state index >= 15 is 0 Å². The molecular weight excluding hydrogens is 340 g/mol. The fourth-order valence-electron chi connectivity index (χ4n) is 2.63. The van der Waals surface area contributed by atoms with Crippen molar-refractivity contribution in [2.45, 2.75) is 50.3 Å². The minimum atomic E-state index is -4.39. The molecule has 0 amide bonds. The van der Waals surface area contributed by atoms with E-state index in [0.29, 0.717) is 5.75 Å². The van der Waals surface area contributed by atoms with Crippen LogP contribution in [0.25, 0.3) is 0 Å². The van der Waals surface area contributed by atoms with Gasteiger partial charge in [-0.2, -0.15) is 8.42 Å². The summed E-state index contributed by atoms with van der Waals surface area (Å²) in [6.07, 6.45) is 6.43. The van der Waals surface area contributed by atoms with Gasteiger partial charge in [0.05, 0.1) is 0 Å².